The second-order valence-corrected chi connectivity index (χ2v) is 4.87. The number of alkyl halides is 1. The van der Waals surface area contributed by atoms with Crippen LogP contribution < -0.4 is 15.2 Å². The van der Waals surface area contributed by atoms with Gasteiger partial charge in [-0.2, -0.15) is 0 Å². The first-order valence-electron chi connectivity index (χ1n) is 6.25. The first kappa shape index (κ1) is 13.1. The van der Waals surface area contributed by atoms with Crippen molar-refractivity contribution in [2.75, 3.05) is 14.2 Å². The summed E-state index contributed by atoms with van der Waals surface area (Å²) in [5.41, 5.74) is 7.51. The fourth-order valence-electron chi connectivity index (χ4n) is 2.72. The number of methoxy groups -OCH3 is 2. The first-order chi connectivity index (χ1) is 8.64. The predicted octanol–water partition coefficient (Wildman–Crippen LogP) is 2.90. The molecule has 0 radical (unpaired) electrons. The van der Waals surface area contributed by atoms with Crippen LogP contribution in [0.3, 0.4) is 0 Å². The molecule has 18 heavy (non-hydrogen) atoms. The summed E-state index contributed by atoms with van der Waals surface area (Å²) in [5, 5.41) is 0. The fourth-order valence-corrected chi connectivity index (χ4v) is 2.72. The molecule has 1 saturated carbocycles. The molecule has 100 valence electrons. The van der Waals surface area contributed by atoms with E-state index in [0.717, 1.165) is 31.2 Å². The summed E-state index contributed by atoms with van der Waals surface area (Å²) in [6.07, 6.45) is 4.12. The van der Waals surface area contributed by atoms with Crippen molar-refractivity contribution in [3.63, 3.8) is 0 Å². The molecule has 1 aliphatic carbocycles. The van der Waals surface area contributed by atoms with Gasteiger partial charge in [-0.25, -0.2) is 4.39 Å². The van der Waals surface area contributed by atoms with E-state index < -0.39 is 6.67 Å². The van der Waals surface area contributed by atoms with Crippen LogP contribution in [0.5, 0.6) is 11.5 Å². The van der Waals surface area contributed by atoms with Gasteiger partial charge in [-0.15, -0.1) is 0 Å². The highest BCUT2D eigenvalue weighted by Crippen LogP contribution is 2.41. The number of nitrogens with two attached hydrogens (primary N) is 1. The monoisotopic (exact) mass is 253 g/mol. The van der Waals surface area contributed by atoms with Crippen LogP contribution in [-0.4, -0.2) is 14.2 Å². The Morgan fingerprint density at radius 1 is 1.22 bits per heavy atom. The zero-order chi connectivity index (χ0) is 13.2. The topological polar surface area (TPSA) is 44.5 Å². The van der Waals surface area contributed by atoms with E-state index in [1.165, 1.54) is 7.11 Å². The van der Waals surface area contributed by atoms with Gasteiger partial charge in [0.05, 0.1) is 14.2 Å². The number of rotatable bonds is 4. The number of halogens is 1. The number of hydrogen-bond acceptors (Lipinski definition) is 3. The fraction of sp³-hybridized carbons (Fsp3) is 0.571. The third-order valence-corrected chi connectivity index (χ3v) is 3.77. The van der Waals surface area contributed by atoms with Gasteiger partial charge in [0.2, 0.25) is 0 Å². The molecule has 2 N–H and O–H groups in total. The highest BCUT2D eigenvalue weighted by molar-refractivity contribution is 5.51. The summed E-state index contributed by atoms with van der Waals surface area (Å²) in [6, 6.07) is 3.69. The van der Waals surface area contributed by atoms with E-state index in [-0.39, 0.29) is 5.54 Å². The first-order valence-corrected chi connectivity index (χ1v) is 6.25. The molecule has 1 aromatic rings. The summed E-state index contributed by atoms with van der Waals surface area (Å²) in [6.45, 7) is -0.580. The van der Waals surface area contributed by atoms with Gasteiger partial charge in [0.1, 0.15) is 6.67 Å². The smallest absolute Gasteiger partial charge is 0.166 e. The summed E-state index contributed by atoms with van der Waals surface area (Å²) in [7, 11) is 3.08. The summed E-state index contributed by atoms with van der Waals surface area (Å²) in [4.78, 5) is 0. The van der Waals surface area contributed by atoms with E-state index in [1.807, 2.05) is 12.1 Å². The predicted molar refractivity (Wildman–Crippen MR) is 68.7 cm³/mol. The molecule has 4 heteroatoms. The Bertz CT molecular complexity index is 403. The quantitative estimate of drug-likeness (QED) is 0.897. The maximum Gasteiger partial charge on any atom is 0.166 e. The van der Waals surface area contributed by atoms with Crippen LogP contribution in [0.15, 0.2) is 12.1 Å². The van der Waals surface area contributed by atoms with Gasteiger partial charge in [-0.05, 0) is 30.5 Å². The summed E-state index contributed by atoms with van der Waals surface area (Å²) < 4.78 is 23.6. The van der Waals surface area contributed by atoms with Gasteiger partial charge in [-0.3, -0.25) is 0 Å². The van der Waals surface area contributed by atoms with Crippen molar-refractivity contribution in [3.8, 4) is 11.5 Å². The SMILES string of the molecule is COc1cc(C2(N)CCCC2)cc(CF)c1OC. The minimum absolute atomic E-state index is 0.344. The largest absolute Gasteiger partial charge is 0.493 e. The summed E-state index contributed by atoms with van der Waals surface area (Å²) in [5.74, 6) is 1.02. The van der Waals surface area contributed by atoms with Crippen LogP contribution in [0.1, 0.15) is 36.8 Å². The molecule has 3 nitrogen and oxygen atoms in total. The Labute approximate surface area is 107 Å². The highest BCUT2D eigenvalue weighted by Gasteiger charge is 2.32. The molecule has 0 heterocycles. The third-order valence-electron chi connectivity index (χ3n) is 3.77. The Kier molecular flexibility index (Phi) is 3.76. The lowest BCUT2D eigenvalue weighted by atomic mass is 9.88. The lowest BCUT2D eigenvalue weighted by Gasteiger charge is -2.26. The number of benzene rings is 1. The van der Waals surface area contributed by atoms with Crippen LogP contribution in [0.25, 0.3) is 0 Å². The van der Waals surface area contributed by atoms with Crippen molar-refractivity contribution >= 4 is 0 Å². The number of ether oxygens (including phenoxy) is 2. The van der Waals surface area contributed by atoms with E-state index in [4.69, 9.17) is 15.2 Å². The molecule has 0 amide bonds. The average Bonchev–Trinajstić information content (AvgIpc) is 2.85. The van der Waals surface area contributed by atoms with Crippen molar-refractivity contribution in [3.05, 3.63) is 23.3 Å². The maximum absolute atomic E-state index is 13.1. The number of hydrogen-bond donors (Lipinski definition) is 1. The van der Waals surface area contributed by atoms with Crippen molar-refractivity contribution in [2.24, 2.45) is 5.73 Å². The Balaban J connectivity index is 2.49. The zero-order valence-corrected chi connectivity index (χ0v) is 11.0. The third kappa shape index (κ3) is 2.17. The van der Waals surface area contributed by atoms with Crippen LogP contribution in [-0.2, 0) is 12.2 Å². The summed E-state index contributed by atoms with van der Waals surface area (Å²) >= 11 is 0. The molecular formula is C14H20FNO2. The second kappa shape index (κ2) is 5.14. The zero-order valence-electron chi connectivity index (χ0n) is 11.0. The van der Waals surface area contributed by atoms with E-state index in [1.54, 1.807) is 7.11 Å². The van der Waals surface area contributed by atoms with Gasteiger partial charge in [0.25, 0.3) is 0 Å². The molecule has 1 aromatic carbocycles. The normalized spacial score (nSPS) is 17.8. The molecule has 0 bridgehead atoms. The molecule has 0 saturated heterocycles. The Hall–Kier alpha value is -1.29. The highest BCUT2D eigenvalue weighted by atomic mass is 19.1. The molecule has 2 rings (SSSR count). The molecule has 0 atom stereocenters. The van der Waals surface area contributed by atoms with Gasteiger partial charge >= 0.3 is 0 Å². The van der Waals surface area contributed by atoms with Crippen molar-refractivity contribution in [1.82, 2.24) is 0 Å². The van der Waals surface area contributed by atoms with Gasteiger partial charge in [0, 0.05) is 11.1 Å². The minimum Gasteiger partial charge on any atom is -0.493 e. The van der Waals surface area contributed by atoms with Gasteiger partial charge in [-0.1, -0.05) is 12.8 Å². The molecular weight excluding hydrogens is 233 g/mol. The molecule has 0 unspecified atom stereocenters. The Morgan fingerprint density at radius 3 is 2.39 bits per heavy atom. The maximum atomic E-state index is 13.1. The lowest BCUT2D eigenvalue weighted by molar-refractivity contribution is 0.342. The average molecular weight is 253 g/mol. The molecule has 0 aromatic heterocycles. The van der Waals surface area contributed by atoms with E-state index in [2.05, 4.69) is 0 Å². The van der Waals surface area contributed by atoms with Crippen molar-refractivity contribution in [1.29, 1.82) is 0 Å². The van der Waals surface area contributed by atoms with E-state index in [9.17, 15) is 4.39 Å². The minimum atomic E-state index is -0.580. The second-order valence-electron chi connectivity index (χ2n) is 4.87. The van der Waals surface area contributed by atoms with Gasteiger partial charge in [0.15, 0.2) is 11.5 Å². The van der Waals surface area contributed by atoms with Crippen LogP contribution in [0.2, 0.25) is 0 Å². The van der Waals surface area contributed by atoms with Crippen LogP contribution in [0.4, 0.5) is 4.39 Å². The lowest BCUT2D eigenvalue weighted by Crippen LogP contribution is -2.33. The van der Waals surface area contributed by atoms with E-state index >= 15 is 0 Å². The molecule has 0 spiro atoms. The van der Waals surface area contributed by atoms with Crippen LogP contribution >= 0.6 is 0 Å². The van der Waals surface area contributed by atoms with E-state index in [0.29, 0.717) is 17.1 Å². The Morgan fingerprint density at radius 2 is 1.89 bits per heavy atom. The standard InChI is InChI=1S/C14H20FNO2/c1-17-12-8-11(14(16)5-3-4-6-14)7-10(9-15)13(12)18-2/h7-8H,3-6,9,16H2,1-2H3. The molecule has 0 aliphatic heterocycles. The van der Waals surface area contributed by atoms with Gasteiger partial charge < -0.3 is 15.2 Å². The van der Waals surface area contributed by atoms with Crippen molar-refractivity contribution < 1.29 is 13.9 Å². The molecule has 1 aliphatic rings. The van der Waals surface area contributed by atoms with Crippen LogP contribution in [0, 0.1) is 0 Å². The van der Waals surface area contributed by atoms with Crippen molar-refractivity contribution in [2.45, 2.75) is 37.9 Å². The molecule has 1 fully saturated rings.